The van der Waals surface area contributed by atoms with Crippen LogP contribution in [0.25, 0.3) is 0 Å². The Labute approximate surface area is 98.6 Å². The van der Waals surface area contributed by atoms with Crippen LogP contribution in [0.3, 0.4) is 0 Å². The molecule has 1 N–H and O–H groups in total. The second-order valence-electron chi connectivity index (χ2n) is 3.25. The molecule has 0 spiro atoms. The fourth-order valence-corrected chi connectivity index (χ4v) is 1.39. The lowest BCUT2D eigenvalue weighted by atomic mass is 10.3. The van der Waals surface area contributed by atoms with E-state index in [-0.39, 0.29) is 0 Å². The molecule has 0 saturated carbocycles. The van der Waals surface area contributed by atoms with Gasteiger partial charge >= 0.3 is 0 Å². The molecule has 0 bridgehead atoms. The first-order valence-corrected chi connectivity index (χ1v) is 5.16. The highest BCUT2D eigenvalue weighted by atomic mass is 35.5. The minimum atomic E-state index is 0.638. The SMILES string of the molecule is Cn1ccnc1/C=N/Nc1ccccc1Cl. The number of rotatable bonds is 3. The summed E-state index contributed by atoms with van der Waals surface area (Å²) >= 11 is 5.96. The molecule has 0 fully saturated rings. The van der Waals surface area contributed by atoms with E-state index in [1.165, 1.54) is 0 Å². The predicted molar refractivity (Wildman–Crippen MR) is 65.9 cm³/mol. The summed E-state index contributed by atoms with van der Waals surface area (Å²) in [4.78, 5) is 4.11. The Hall–Kier alpha value is -1.81. The molecule has 0 aliphatic rings. The average molecular weight is 235 g/mol. The average Bonchev–Trinajstić information content (AvgIpc) is 2.67. The van der Waals surface area contributed by atoms with Gasteiger partial charge in [-0.25, -0.2) is 4.98 Å². The number of benzene rings is 1. The molecule has 0 aliphatic heterocycles. The summed E-state index contributed by atoms with van der Waals surface area (Å²) in [5.41, 5.74) is 3.64. The van der Waals surface area contributed by atoms with Gasteiger partial charge in [0, 0.05) is 19.4 Å². The van der Waals surface area contributed by atoms with Gasteiger partial charge in [-0.3, -0.25) is 5.43 Å². The smallest absolute Gasteiger partial charge is 0.152 e. The monoisotopic (exact) mass is 234 g/mol. The number of aryl methyl sites for hydroxylation is 1. The minimum absolute atomic E-state index is 0.638. The lowest BCUT2D eigenvalue weighted by molar-refractivity contribution is 0.901. The largest absolute Gasteiger partial charge is 0.333 e. The van der Waals surface area contributed by atoms with E-state index in [2.05, 4.69) is 15.5 Å². The molecule has 0 aliphatic carbocycles. The number of para-hydroxylation sites is 1. The van der Waals surface area contributed by atoms with Crippen molar-refractivity contribution in [1.82, 2.24) is 9.55 Å². The van der Waals surface area contributed by atoms with Gasteiger partial charge in [-0.1, -0.05) is 23.7 Å². The Balaban J connectivity index is 2.06. The van der Waals surface area contributed by atoms with Crippen LogP contribution in [0.4, 0.5) is 5.69 Å². The molecular formula is C11H11ClN4. The Morgan fingerprint density at radius 3 is 2.94 bits per heavy atom. The number of hydrazone groups is 1. The first-order valence-electron chi connectivity index (χ1n) is 4.78. The zero-order valence-electron chi connectivity index (χ0n) is 8.76. The summed E-state index contributed by atoms with van der Waals surface area (Å²) in [6, 6.07) is 7.43. The van der Waals surface area contributed by atoms with Gasteiger partial charge in [0.1, 0.15) is 0 Å². The van der Waals surface area contributed by atoms with E-state index in [0.717, 1.165) is 11.5 Å². The highest BCUT2D eigenvalue weighted by Gasteiger charge is 1.96. The fourth-order valence-electron chi connectivity index (χ4n) is 1.21. The summed E-state index contributed by atoms with van der Waals surface area (Å²) in [5.74, 6) is 0.777. The third-order valence-electron chi connectivity index (χ3n) is 2.10. The van der Waals surface area contributed by atoms with Crippen molar-refractivity contribution < 1.29 is 0 Å². The summed E-state index contributed by atoms with van der Waals surface area (Å²) < 4.78 is 1.87. The van der Waals surface area contributed by atoms with Crippen molar-refractivity contribution >= 4 is 23.5 Å². The number of hydrogen-bond acceptors (Lipinski definition) is 3. The van der Waals surface area contributed by atoms with Crippen molar-refractivity contribution in [2.75, 3.05) is 5.43 Å². The standard InChI is InChI=1S/C11H11ClN4/c1-16-7-6-13-11(16)8-14-15-10-5-3-2-4-9(10)12/h2-8,15H,1H3/b14-8+. The lowest BCUT2D eigenvalue weighted by Crippen LogP contribution is -1.97. The molecule has 1 heterocycles. The highest BCUT2D eigenvalue weighted by Crippen LogP contribution is 2.19. The molecule has 0 unspecified atom stereocenters. The quantitative estimate of drug-likeness (QED) is 0.655. The van der Waals surface area contributed by atoms with Gasteiger partial charge in [-0.2, -0.15) is 5.10 Å². The Morgan fingerprint density at radius 2 is 2.25 bits per heavy atom. The first-order chi connectivity index (χ1) is 7.77. The van der Waals surface area contributed by atoms with Crippen LogP contribution in [0.5, 0.6) is 0 Å². The molecule has 1 aromatic heterocycles. The number of hydrogen-bond donors (Lipinski definition) is 1. The molecule has 0 amide bonds. The molecule has 2 aromatic rings. The van der Waals surface area contributed by atoms with E-state index in [0.29, 0.717) is 5.02 Å². The second-order valence-corrected chi connectivity index (χ2v) is 3.65. The zero-order valence-corrected chi connectivity index (χ0v) is 9.52. The number of nitrogens with one attached hydrogen (secondary N) is 1. The van der Waals surface area contributed by atoms with Gasteiger partial charge in [0.2, 0.25) is 0 Å². The molecule has 0 radical (unpaired) electrons. The van der Waals surface area contributed by atoms with E-state index in [9.17, 15) is 0 Å². The van der Waals surface area contributed by atoms with Crippen LogP contribution in [-0.4, -0.2) is 15.8 Å². The topological polar surface area (TPSA) is 42.2 Å². The van der Waals surface area contributed by atoms with Crippen molar-refractivity contribution in [2.24, 2.45) is 12.1 Å². The number of imidazole rings is 1. The Bertz CT molecular complexity index is 504. The van der Waals surface area contributed by atoms with Gasteiger partial charge in [0.25, 0.3) is 0 Å². The van der Waals surface area contributed by atoms with Crippen molar-refractivity contribution in [3.05, 3.63) is 47.5 Å². The van der Waals surface area contributed by atoms with E-state index in [4.69, 9.17) is 11.6 Å². The van der Waals surface area contributed by atoms with Crippen LogP contribution in [0.15, 0.2) is 41.8 Å². The van der Waals surface area contributed by atoms with Crippen LogP contribution < -0.4 is 5.43 Å². The van der Waals surface area contributed by atoms with Crippen molar-refractivity contribution in [3.63, 3.8) is 0 Å². The lowest BCUT2D eigenvalue weighted by Gasteiger charge is -2.01. The molecule has 0 saturated heterocycles. The Morgan fingerprint density at radius 1 is 1.44 bits per heavy atom. The molecule has 4 nitrogen and oxygen atoms in total. The van der Waals surface area contributed by atoms with Crippen LogP contribution in [0.2, 0.25) is 5.02 Å². The van der Waals surface area contributed by atoms with Crippen molar-refractivity contribution in [3.8, 4) is 0 Å². The molecular weight excluding hydrogens is 224 g/mol. The van der Waals surface area contributed by atoms with Gasteiger partial charge in [0.05, 0.1) is 16.9 Å². The van der Waals surface area contributed by atoms with Crippen molar-refractivity contribution in [1.29, 1.82) is 0 Å². The molecule has 2 rings (SSSR count). The van der Waals surface area contributed by atoms with Crippen molar-refractivity contribution in [2.45, 2.75) is 0 Å². The van der Waals surface area contributed by atoms with Gasteiger partial charge in [-0.15, -0.1) is 0 Å². The molecule has 1 aromatic carbocycles. The van der Waals surface area contributed by atoms with Crippen LogP contribution in [0.1, 0.15) is 5.82 Å². The van der Waals surface area contributed by atoms with E-state index in [1.807, 2.05) is 36.0 Å². The van der Waals surface area contributed by atoms with Gasteiger partial charge in [0.15, 0.2) is 5.82 Å². The van der Waals surface area contributed by atoms with E-state index < -0.39 is 0 Å². The molecule has 16 heavy (non-hydrogen) atoms. The summed E-state index contributed by atoms with van der Waals surface area (Å²) in [6.07, 6.45) is 5.22. The predicted octanol–water partition coefficient (Wildman–Crippen LogP) is 2.52. The number of aromatic nitrogens is 2. The summed E-state index contributed by atoms with van der Waals surface area (Å²) in [6.45, 7) is 0. The Kier molecular flexibility index (Phi) is 3.22. The number of nitrogens with zero attached hydrogens (tertiary/aromatic N) is 3. The van der Waals surface area contributed by atoms with Crippen LogP contribution in [-0.2, 0) is 7.05 Å². The zero-order chi connectivity index (χ0) is 11.4. The van der Waals surface area contributed by atoms with E-state index >= 15 is 0 Å². The normalized spacial score (nSPS) is 10.9. The molecule has 0 atom stereocenters. The second kappa shape index (κ2) is 4.81. The van der Waals surface area contributed by atoms with Gasteiger partial charge in [-0.05, 0) is 12.1 Å². The number of halogens is 1. The fraction of sp³-hybridized carbons (Fsp3) is 0.0909. The van der Waals surface area contributed by atoms with Crippen LogP contribution >= 0.6 is 11.6 Å². The summed E-state index contributed by atoms with van der Waals surface area (Å²) in [7, 11) is 1.91. The maximum Gasteiger partial charge on any atom is 0.152 e. The van der Waals surface area contributed by atoms with Crippen LogP contribution in [0, 0.1) is 0 Å². The maximum absolute atomic E-state index is 5.96. The third-order valence-corrected chi connectivity index (χ3v) is 2.43. The van der Waals surface area contributed by atoms with E-state index in [1.54, 1.807) is 18.5 Å². The maximum atomic E-state index is 5.96. The third kappa shape index (κ3) is 2.41. The minimum Gasteiger partial charge on any atom is -0.333 e. The highest BCUT2D eigenvalue weighted by molar-refractivity contribution is 6.33. The molecule has 82 valence electrons. The number of anilines is 1. The molecule has 5 heteroatoms. The first kappa shape index (κ1) is 10.7. The summed E-state index contributed by atoms with van der Waals surface area (Å²) in [5, 5.41) is 4.70. The van der Waals surface area contributed by atoms with Gasteiger partial charge < -0.3 is 4.57 Å².